The summed E-state index contributed by atoms with van der Waals surface area (Å²) in [6.45, 7) is 4.06. The van der Waals surface area contributed by atoms with Gasteiger partial charge in [0.25, 0.3) is 0 Å². The van der Waals surface area contributed by atoms with E-state index in [4.69, 9.17) is 15.6 Å². The second kappa shape index (κ2) is 6.03. The first-order valence-electron chi connectivity index (χ1n) is 7.42. The van der Waals surface area contributed by atoms with E-state index in [9.17, 15) is 0 Å². The first-order chi connectivity index (χ1) is 9.36. The van der Waals surface area contributed by atoms with Gasteiger partial charge in [-0.1, -0.05) is 12.8 Å². The Labute approximate surface area is 114 Å². The average molecular weight is 264 g/mol. The smallest absolute Gasteiger partial charge is 0.0765 e. The van der Waals surface area contributed by atoms with E-state index in [0.29, 0.717) is 18.6 Å². The topological polar surface area (TPSA) is 56.3 Å². The Morgan fingerprint density at radius 3 is 3.00 bits per heavy atom. The highest BCUT2D eigenvalue weighted by Crippen LogP contribution is 2.28. The van der Waals surface area contributed by atoms with Gasteiger partial charge in [-0.25, -0.2) is 0 Å². The second-order valence-electron chi connectivity index (χ2n) is 5.66. The number of rotatable bonds is 4. The number of morpholine rings is 1. The van der Waals surface area contributed by atoms with Crippen LogP contribution in [0.4, 0.5) is 0 Å². The summed E-state index contributed by atoms with van der Waals surface area (Å²) in [5, 5.41) is 4.75. The first-order valence-corrected chi connectivity index (χ1v) is 7.42. The molecule has 2 heterocycles. The van der Waals surface area contributed by atoms with E-state index in [2.05, 4.69) is 21.8 Å². The minimum atomic E-state index is 0.338. The third kappa shape index (κ3) is 2.99. The molecule has 1 atom stereocenters. The Bertz CT molecular complexity index is 400. The molecule has 1 saturated carbocycles. The molecular formula is C14H24N4O. The average Bonchev–Trinajstić information content (AvgIpc) is 3.09. The molecule has 0 aromatic carbocycles. The summed E-state index contributed by atoms with van der Waals surface area (Å²) >= 11 is 0. The molecule has 1 aromatic heterocycles. The summed E-state index contributed by atoms with van der Waals surface area (Å²) < 4.78 is 7.65. The summed E-state index contributed by atoms with van der Waals surface area (Å²) in [6, 6.07) is 3.12. The molecule has 19 heavy (non-hydrogen) atoms. The van der Waals surface area contributed by atoms with Crippen molar-refractivity contribution in [2.24, 2.45) is 5.73 Å². The van der Waals surface area contributed by atoms with Crippen LogP contribution in [0.2, 0.25) is 0 Å². The van der Waals surface area contributed by atoms with Crippen molar-refractivity contribution in [3.63, 3.8) is 0 Å². The van der Waals surface area contributed by atoms with Gasteiger partial charge >= 0.3 is 0 Å². The monoisotopic (exact) mass is 264 g/mol. The maximum Gasteiger partial charge on any atom is 0.0765 e. The Kier molecular flexibility index (Phi) is 4.15. The van der Waals surface area contributed by atoms with E-state index in [1.54, 1.807) is 0 Å². The Morgan fingerprint density at radius 2 is 2.21 bits per heavy atom. The van der Waals surface area contributed by atoms with Gasteiger partial charge in [0.05, 0.1) is 24.9 Å². The molecule has 2 N–H and O–H groups in total. The van der Waals surface area contributed by atoms with Crippen molar-refractivity contribution in [1.29, 1.82) is 0 Å². The zero-order chi connectivity index (χ0) is 13.1. The molecule has 106 valence electrons. The summed E-state index contributed by atoms with van der Waals surface area (Å²) in [7, 11) is 0. The fourth-order valence-corrected chi connectivity index (χ4v) is 3.16. The summed E-state index contributed by atoms with van der Waals surface area (Å²) in [6.07, 6.45) is 7.40. The number of nitrogens with zero attached hydrogens (tertiary/aromatic N) is 3. The largest absolute Gasteiger partial charge is 0.378 e. The van der Waals surface area contributed by atoms with E-state index in [1.165, 1.54) is 25.7 Å². The molecular weight excluding hydrogens is 240 g/mol. The zero-order valence-corrected chi connectivity index (χ0v) is 11.5. The van der Waals surface area contributed by atoms with Gasteiger partial charge in [0, 0.05) is 31.9 Å². The van der Waals surface area contributed by atoms with E-state index in [1.807, 2.05) is 0 Å². The summed E-state index contributed by atoms with van der Waals surface area (Å²) in [4.78, 5) is 2.39. The third-order valence-corrected chi connectivity index (χ3v) is 4.35. The second-order valence-corrected chi connectivity index (χ2v) is 5.66. The Morgan fingerprint density at radius 1 is 1.37 bits per heavy atom. The van der Waals surface area contributed by atoms with Crippen molar-refractivity contribution in [3.8, 4) is 0 Å². The number of hydrogen-bond acceptors (Lipinski definition) is 4. The fraction of sp³-hybridized carbons (Fsp3) is 0.786. The van der Waals surface area contributed by atoms with Crippen LogP contribution in [0.25, 0.3) is 0 Å². The quantitative estimate of drug-likeness (QED) is 0.886. The molecule has 0 bridgehead atoms. The lowest BCUT2D eigenvalue weighted by molar-refractivity contribution is -0.00855. The molecule has 0 radical (unpaired) electrons. The van der Waals surface area contributed by atoms with Crippen LogP contribution >= 0.6 is 0 Å². The van der Waals surface area contributed by atoms with Gasteiger partial charge in [-0.3, -0.25) is 9.58 Å². The van der Waals surface area contributed by atoms with Gasteiger partial charge in [-0.2, -0.15) is 5.10 Å². The van der Waals surface area contributed by atoms with Gasteiger partial charge in [-0.15, -0.1) is 0 Å². The van der Waals surface area contributed by atoms with E-state index in [0.717, 1.165) is 32.0 Å². The van der Waals surface area contributed by atoms with E-state index >= 15 is 0 Å². The van der Waals surface area contributed by atoms with Crippen LogP contribution in [0.15, 0.2) is 12.3 Å². The van der Waals surface area contributed by atoms with Crippen LogP contribution in [-0.2, 0) is 11.3 Å². The van der Waals surface area contributed by atoms with Crippen LogP contribution in [0.3, 0.4) is 0 Å². The standard InChI is InChI=1S/C14H24N4O/c15-9-14-11-19-8-7-17(14)10-12-5-6-18(16-12)13-3-1-2-4-13/h5-6,13-14H,1-4,7-11,15H2. The van der Waals surface area contributed by atoms with Crippen molar-refractivity contribution in [2.45, 2.75) is 44.3 Å². The molecule has 1 saturated heterocycles. The van der Waals surface area contributed by atoms with Gasteiger partial charge in [0.2, 0.25) is 0 Å². The molecule has 0 spiro atoms. The van der Waals surface area contributed by atoms with Gasteiger partial charge in [0.1, 0.15) is 0 Å². The Balaban J connectivity index is 1.62. The van der Waals surface area contributed by atoms with Crippen LogP contribution in [-0.4, -0.2) is 47.0 Å². The highest BCUT2D eigenvalue weighted by atomic mass is 16.5. The predicted octanol–water partition coefficient (Wildman–Crippen LogP) is 1.16. The third-order valence-electron chi connectivity index (χ3n) is 4.35. The molecule has 3 rings (SSSR count). The molecule has 2 fully saturated rings. The normalized spacial score (nSPS) is 26.1. The highest BCUT2D eigenvalue weighted by molar-refractivity contribution is 5.01. The maximum absolute atomic E-state index is 5.80. The molecule has 2 aliphatic rings. The van der Waals surface area contributed by atoms with Crippen molar-refractivity contribution in [1.82, 2.24) is 14.7 Å². The van der Waals surface area contributed by atoms with Crippen molar-refractivity contribution in [3.05, 3.63) is 18.0 Å². The molecule has 1 aromatic rings. The van der Waals surface area contributed by atoms with Crippen LogP contribution in [0, 0.1) is 0 Å². The molecule has 1 aliphatic carbocycles. The molecule has 1 unspecified atom stereocenters. The van der Waals surface area contributed by atoms with Crippen LogP contribution < -0.4 is 5.73 Å². The summed E-state index contributed by atoms with van der Waals surface area (Å²) in [5.74, 6) is 0. The molecule has 5 nitrogen and oxygen atoms in total. The van der Waals surface area contributed by atoms with Gasteiger partial charge < -0.3 is 10.5 Å². The zero-order valence-electron chi connectivity index (χ0n) is 11.5. The molecule has 0 amide bonds. The van der Waals surface area contributed by atoms with Gasteiger partial charge in [-0.05, 0) is 18.9 Å². The van der Waals surface area contributed by atoms with Crippen LogP contribution in [0.1, 0.15) is 37.4 Å². The fourth-order valence-electron chi connectivity index (χ4n) is 3.16. The van der Waals surface area contributed by atoms with Crippen LogP contribution in [0.5, 0.6) is 0 Å². The molecule has 5 heteroatoms. The van der Waals surface area contributed by atoms with Crippen molar-refractivity contribution in [2.75, 3.05) is 26.3 Å². The van der Waals surface area contributed by atoms with Crippen molar-refractivity contribution < 1.29 is 4.74 Å². The lowest BCUT2D eigenvalue weighted by Crippen LogP contribution is -2.48. The maximum atomic E-state index is 5.80. The summed E-state index contributed by atoms with van der Waals surface area (Å²) in [5.41, 5.74) is 6.96. The Hall–Kier alpha value is -0.910. The lowest BCUT2D eigenvalue weighted by atomic mass is 10.2. The van der Waals surface area contributed by atoms with E-state index in [-0.39, 0.29) is 0 Å². The number of ether oxygens (including phenoxy) is 1. The minimum Gasteiger partial charge on any atom is -0.378 e. The predicted molar refractivity (Wildman–Crippen MR) is 73.8 cm³/mol. The van der Waals surface area contributed by atoms with Gasteiger partial charge in [0.15, 0.2) is 0 Å². The number of aromatic nitrogens is 2. The SMILES string of the molecule is NCC1COCCN1Cc1ccn(C2CCCC2)n1. The van der Waals surface area contributed by atoms with Crippen molar-refractivity contribution >= 4 is 0 Å². The molecule has 1 aliphatic heterocycles. The lowest BCUT2D eigenvalue weighted by Gasteiger charge is -2.34. The minimum absolute atomic E-state index is 0.338. The number of hydrogen-bond donors (Lipinski definition) is 1. The number of nitrogens with two attached hydrogens (primary N) is 1. The highest BCUT2D eigenvalue weighted by Gasteiger charge is 2.23. The first kappa shape index (κ1) is 13.1. The van der Waals surface area contributed by atoms with E-state index < -0.39 is 0 Å².